The van der Waals surface area contributed by atoms with E-state index in [1.807, 2.05) is 6.92 Å². The van der Waals surface area contributed by atoms with Crippen molar-refractivity contribution in [1.29, 1.82) is 0 Å². The van der Waals surface area contributed by atoms with Crippen LogP contribution in [0.4, 0.5) is 0 Å². The van der Waals surface area contributed by atoms with E-state index in [2.05, 4.69) is 38.6 Å². The number of terminal acetylenes is 1. The lowest BCUT2D eigenvalue weighted by Crippen LogP contribution is -2.22. The van der Waals surface area contributed by atoms with Crippen molar-refractivity contribution in [3.63, 3.8) is 0 Å². The van der Waals surface area contributed by atoms with Gasteiger partial charge in [-0.2, -0.15) is 0 Å². The molecular weight excluding hydrogens is 234 g/mol. The van der Waals surface area contributed by atoms with Gasteiger partial charge in [0, 0.05) is 21.3 Å². The Morgan fingerprint density at radius 2 is 2.58 bits per heavy atom. The highest BCUT2D eigenvalue weighted by Crippen LogP contribution is 2.19. The van der Waals surface area contributed by atoms with Gasteiger partial charge >= 0.3 is 0 Å². The zero-order chi connectivity index (χ0) is 8.97. The van der Waals surface area contributed by atoms with E-state index in [0.29, 0.717) is 0 Å². The van der Waals surface area contributed by atoms with E-state index in [1.54, 1.807) is 11.3 Å². The summed E-state index contributed by atoms with van der Waals surface area (Å²) in [6, 6.07) is 2.24. The molecule has 1 rings (SSSR count). The fourth-order valence-electron chi connectivity index (χ4n) is 0.759. The lowest BCUT2D eigenvalue weighted by molar-refractivity contribution is 0.654. The Morgan fingerprint density at radius 3 is 3.08 bits per heavy atom. The van der Waals surface area contributed by atoms with Crippen LogP contribution >= 0.6 is 27.3 Å². The summed E-state index contributed by atoms with van der Waals surface area (Å²) in [6.45, 7) is 2.82. The monoisotopic (exact) mass is 243 g/mol. The molecule has 3 heteroatoms. The first-order valence-electron chi connectivity index (χ1n) is 3.65. The summed E-state index contributed by atoms with van der Waals surface area (Å²) in [5, 5.41) is 5.28. The molecule has 1 aromatic rings. The molecule has 1 N–H and O–H groups in total. The van der Waals surface area contributed by atoms with Crippen LogP contribution in [0.3, 0.4) is 0 Å². The number of nitrogens with one attached hydrogen (secondary N) is 1. The molecule has 12 heavy (non-hydrogen) atoms. The lowest BCUT2D eigenvalue weighted by atomic mass is 10.3. The van der Waals surface area contributed by atoms with Crippen LogP contribution in [0.15, 0.2) is 15.9 Å². The van der Waals surface area contributed by atoms with E-state index in [4.69, 9.17) is 6.42 Å². The topological polar surface area (TPSA) is 12.0 Å². The molecule has 1 unspecified atom stereocenters. The molecule has 0 aromatic carbocycles. The number of hydrogen-bond acceptors (Lipinski definition) is 2. The number of halogens is 1. The van der Waals surface area contributed by atoms with Crippen molar-refractivity contribution in [2.24, 2.45) is 0 Å². The molecule has 1 aromatic heterocycles. The van der Waals surface area contributed by atoms with E-state index in [0.717, 1.165) is 11.0 Å². The second-order valence-corrected chi connectivity index (χ2v) is 4.41. The Balaban J connectivity index is 2.39. The maximum atomic E-state index is 5.22. The SMILES string of the molecule is C#CC(C)NCc1cc(Br)cs1. The highest BCUT2D eigenvalue weighted by Gasteiger charge is 1.98. The van der Waals surface area contributed by atoms with E-state index >= 15 is 0 Å². The summed E-state index contributed by atoms with van der Waals surface area (Å²) < 4.78 is 1.14. The summed E-state index contributed by atoms with van der Waals surface area (Å²) in [6.07, 6.45) is 5.22. The Labute approximate surface area is 85.3 Å². The Hall–Kier alpha value is -0.300. The van der Waals surface area contributed by atoms with Crippen LogP contribution < -0.4 is 5.32 Å². The number of rotatable bonds is 3. The van der Waals surface area contributed by atoms with Crippen LogP contribution in [0.1, 0.15) is 11.8 Å². The largest absolute Gasteiger partial charge is 0.299 e. The molecule has 0 aliphatic heterocycles. The third kappa shape index (κ3) is 2.98. The second-order valence-electron chi connectivity index (χ2n) is 2.50. The maximum absolute atomic E-state index is 5.22. The van der Waals surface area contributed by atoms with Gasteiger partial charge in [-0.15, -0.1) is 17.8 Å². The summed E-state index contributed by atoms with van der Waals surface area (Å²) in [4.78, 5) is 1.30. The van der Waals surface area contributed by atoms with Crippen molar-refractivity contribution in [3.8, 4) is 12.3 Å². The Bertz CT molecular complexity index is 287. The second kappa shape index (κ2) is 4.66. The van der Waals surface area contributed by atoms with Gasteiger partial charge in [-0.05, 0) is 28.9 Å². The van der Waals surface area contributed by atoms with Crippen LogP contribution in [0.2, 0.25) is 0 Å². The van der Waals surface area contributed by atoms with Gasteiger partial charge < -0.3 is 0 Å². The normalized spacial score (nSPS) is 12.4. The van der Waals surface area contributed by atoms with Crippen LogP contribution in [0.25, 0.3) is 0 Å². The standard InChI is InChI=1S/C9H10BrNS/c1-3-7(2)11-5-9-4-8(10)6-12-9/h1,4,6-7,11H,5H2,2H3. The summed E-state index contributed by atoms with van der Waals surface area (Å²) in [5.74, 6) is 2.62. The molecule has 0 aliphatic carbocycles. The molecule has 1 heterocycles. The average molecular weight is 244 g/mol. The first-order valence-corrected chi connectivity index (χ1v) is 5.32. The molecule has 64 valence electrons. The Kier molecular flexibility index (Phi) is 3.80. The third-order valence-electron chi connectivity index (χ3n) is 1.45. The fourth-order valence-corrected chi connectivity index (χ4v) is 2.16. The smallest absolute Gasteiger partial charge is 0.0661 e. The van der Waals surface area contributed by atoms with Crippen molar-refractivity contribution < 1.29 is 0 Å². The fraction of sp³-hybridized carbons (Fsp3) is 0.333. The van der Waals surface area contributed by atoms with E-state index in [-0.39, 0.29) is 6.04 Å². The van der Waals surface area contributed by atoms with Crippen LogP contribution in [-0.2, 0) is 6.54 Å². The molecule has 0 fully saturated rings. The van der Waals surface area contributed by atoms with Crippen molar-refractivity contribution in [1.82, 2.24) is 5.32 Å². The van der Waals surface area contributed by atoms with Crippen molar-refractivity contribution in [3.05, 3.63) is 20.8 Å². The summed E-state index contributed by atoms with van der Waals surface area (Å²) >= 11 is 5.12. The van der Waals surface area contributed by atoms with Gasteiger partial charge in [0.05, 0.1) is 6.04 Å². The minimum Gasteiger partial charge on any atom is -0.299 e. The summed E-state index contributed by atoms with van der Waals surface area (Å²) in [5.41, 5.74) is 0. The minimum atomic E-state index is 0.144. The predicted octanol–water partition coefficient (Wildman–Crippen LogP) is 2.62. The molecule has 1 atom stereocenters. The summed E-state index contributed by atoms with van der Waals surface area (Å²) in [7, 11) is 0. The molecule has 0 saturated carbocycles. The molecule has 0 radical (unpaired) electrons. The lowest BCUT2D eigenvalue weighted by Gasteiger charge is -2.04. The molecule has 0 aliphatic rings. The first-order chi connectivity index (χ1) is 5.72. The van der Waals surface area contributed by atoms with Gasteiger partial charge in [-0.1, -0.05) is 5.92 Å². The van der Waals surface area contributed by atoms with Crippen molar-refractivity contribution in [2.45, 2.75) is 19.5 Å². The predicted molar refractivity (Wildman–Crippen MR) is 57.2 cm³/mol. The van der Waals surface area contributed by atoms with Gasteiger partial charge in [-0.25, -0.2) is 0 Å². The van der Waals surface area contributed by atoms with Crippen LogP contribution in [0.5, 0.6) is 0 Å². The highest BCUT2D eigenvalue weighted by atomic mass is 79.9. The molecule has 1 nitrogen and oxygen atoms in total. The van der Waals surface area contributed by atoms with Gasteiger partial charge in [-0.3, -0.25) is 5.32 Å². The molecule has 0 amide bonds. The maximum Gasteiger partial charge on any atom is 0.0661 e. The average Bonchev–Trinajstić information content (AvgIpc) is 2.47. The van der Waals surface area contributed by atoms with Gasteiger partial charge in [0.15, 0.2) is 0 Å². The van der Waals surface area contributed by atoms with Crippen LogP contribution in [0, 0.1) is 12.3 Å². The van der Waals surface area contributed by atoms with Crippen LogP contribution in [-0.4, -0.2) is 6.04 Å². The minimum absolute atomic E-state index is 0.144. The first kappa shape index (κ1) is 9.79. The van der Waals surface area contributed by atoms with E-state index < -0.39 is 0 Å². The van der Waals surface area contributed by atoms with Gasteiger partial charge in [0.25, 0.3) is 0 Å². The molecule has 0 saturated heterocycles. The third-order valence-corrected chi connectivity index (χ3v) is 3.15. The quantitative estimate of drug-likeness (QED) is 0.806. The van der Waals surface area contributed by atoms with E-state index in [1.165, 1.54) is 4.88 Å². The van der Waals surface area contributed by atoms with Gasteiger partial charge in [0.2, 0.25) is 0 Å². The zero-order valence-electron chi connectivity index (χ0n) is 6.80. The van der Waals surface area contributed by atoms with Gasteiger partial charge in [0.1, 0.15) is 0 Å². The van der Waals surface area contributed by atoms with Crippen molar-refractivity contribution >= 4 is 27.3 Å². The van der Waals surface area contributed by atoms with Crippen molar-refractivity contribution in [2.75, 3.05) is 0 Å². The molecule has 0 spiro atoms. The molecular formula is C9H10BrNS. The molecule has 0 bridgehead atoms. The highest BCUT2D eigenvalue weighted by molar-refractivity contribution is 9.10. The van der Waals surface area contributed by atoms with E-state index in [9.17, 15) is 0 Å². The number of hydrogen-bond donors (Lipinski definition) is 1. The zero-order valence-corrected chi connectivity index (χ0v) is 9.21. The Morgan fingerprint density at radius 1 is 1.83 bits per heavy atom. The number of thiophene rings is 1.